The average molecular weight is 321 g/mol. The van der Waals surface area contributed by atoms with Crippen molar-refractivity contribution in [3.05, 3.63) is 29.3 Å². The number of hydrogen-bond donors (Lipinski definition) is 3. The second kappa shape index (κ2) is 9.19. The van der Waals surface area contributed by atoms with Gasteiger partial charge in [0.05, 0.1) is 18.4 Å². The number of carboxylic acid groups (broad SMARTS) is 1. The monoisotopic (exact) mass is 321 g/mol. The van der Waals surface area contributed by atoms with Gasteiger partial charge < -0.3 is 15.2 Å². The molecule has 0 atom stereocenters. The van der Waals surface area contributed by atoms with Crippen LogP contribution in [0.5, 0.6) is 5.75 Å². The number of rotatable bonds is 7. The number of carboxylic acids is 1. The Morgan fingerprint density at radius 2 is 2.00 bits per heavy atom. The molecule has 0 radical (unpaired) electrons. The van der Waals surface area contributed by atoms with Crippen LogP contribution in [-0.4, -0.2) is 42.3 Å². The Kier molecular flexibility index (Phi) is 7.25. The quantitative estimate of drug-likeness (QED) is 0.389. The van der Waals surface area contributed by atoms with E-state index in [0.29, 0.717) is 30.9 Å². The first-order valence-corrected chi connectivity index (χ1v) is 7.11. The zero-order valence-corrected chi connectivity index (χ0v) is 13.0. The number of benzene rings is 1. The normalized spacial score (nSPS) is 10.3. The van der Waals surface area contributed by atoms with Crippen molar-refractivity contribution in [2.45, 2.75) is 20.3 Å². The van der Waals surface area contributed by atoms with Gasteiger partial charge in [-0.15, -0.1) is 0 Å². The third kappa shape index (κ3) is 5.77. The van der Waals surface area contributed by atoms with Crippen molar-refractivity contribution in [1.29, 1.82) is 0 Å². The molecule has 2 amide bonds. The first kappa shape index (κ1) is 18.1. The van der Waals surface area contributed by atoms with Gasteiger partial charge in [-0.25, -0.2) is 10.2 Å². The summed E-state index contributed by atoms with van der Waals surface area (Å²) in [6.45, 7) is 4.43. The van der Waals surface area contributed by atoms with E-state index < -0.39 is 17.8 Å². The summed E-state index contributed by atoms with van der Waals surface area (Å²) in [7, 11) is 0. The van der Waals surface area contributed by atoms with Crippen LogP contribution in [0, 0.1) is 0 Å². The van der Waals surface area contributed by atoms with Crippen LogP contribution in [0.3, 0.4) is 0 Å². The summed E-state index contributed by atoms with van der Waals surface area (Å²) in [6, 6.07) is 4.27. The molecule has 0 aliphatic rings. The fraction of sp³-hybridized carbons (Fsp3) is 0.333. The Morgan fingerprint density at radius 1 is 1.26 bits per heavy atom. The smallest absolute Gasteiger partial charge is 0.335 e. The molecule has 8 heteroatoms. The van der Waals surface area contributed by atoms with Crippen LogP contribution in [0.15, 0.2) is 23.3 Å². The Balaban J connectivity index is 2.81. The third-order valence-electron chi connectivity index (χ3n) is 2.67. The molecule has 0 bridgehead atoms. The average Bonchev–Trinajstić information content (AvgIpc) is 2.53. The van der Waals surface area contributed by atoms with Gasteiger partial charge in [0.15, 0.2) is 0 Å². The molecule has 0 aliphatic carbocycles. The maximum atomic E-state index is 11.5. The van der Waals surface area contributed by atoms with Crippen LogP contribution >= 0.6 is 0 Å². The summed E-state index contributed by atoms with van der Waals surface area (Å²) in [4.78, 5) is 33.8. The van der Waals surface area contributed by atoms with Gasteiger partial charge in [-0.2, -0.15) is 5.10 Å². The standard InChI is InChI=1S/C15H19N3O5/c1-3-7-16-13(19)14(20)18-17-9-11-8-10(15(21)22)5-6-12(11)23-4-2/h5-6,8-9H,3-4,7H2,1-2H3,(H,16,19)(H,18,20)(H,21,22)/b17-9-. The second-order valence-electron chi connectivity index (χ2n) is 4.45. The highest BCUT2D eigenvalue weighted by Gasteiger charge is 2.11. The van der Waals surface area contributed by atoms with E-state index >= 15 is 0 Å². The van der Waals surface area contributed by atoms with E-state index in [0.717, 1.165) is 0 Å². The minimum absolute atomic E-state index is 0.0573. The number of carbonyl (C=O) groups is 3. The highest BCUT2D eigenvalue weighted by Crippen LogP contribution is 2.18. The summed E-state index contributed by atoms with van der Waals surface area (Å²) in [5, 5.41) is 15.1. The van der Waals surface area contributed by atoms with Gasteiger partial charge in [0.1, 0.15) is 5.75 Å². The molecule has 0 aliphatic heterocycles. The van der Waals surface area contributed by atoms with Gasteiger partial charge in [0.2, 0.25) is 0 Å². The van der Waals surface area contributed by atoms with Gasteiger partial charge >= 0.3 is 17.8 Å². The summed E-state index contributed by atoms with van der Waals surface area (Å²) in [6.07, 6.45) is 1.93. The molecular weight excluding hydrogens is 302 g/mol. The maximum absolute atomic E-state index is 11.5. The number of hydrogen-bond acceptors (Lipinski definition) is 5. The van der Waals surface area contributed by atoms with E-state index in [1.807, 2.05) is 6.92 Å². The molecular formula is C15H19N3O5. The second-order valence-corrected chi connectivity index (χ2v) is 4.45. The van der Waals surface area contributed by atoms with Crippen molar-refractivity contribution in [3.8, 4) is 5.75 Å². The number of carbonyl (C=O) groups excluding carboxylic acids is 2. The molecule has 1 aromatic rings. The number of nitrogens with one attached hydrogen (secondary N) is 2. The van der Waals surface area contributed by atoms with E-state index in [4.69, 9.17) is 9.84 Å². The van der Waals surface area contributed by atoms with Crippen LogP contribution in [0.4, 0.5) is 0 Å². The van der Waals surface area contributed by atoms with Gasteiger partial charge in [0.25, 0.3) is 0 Å². The van der Waals surface area contributed by atoms with Crippen LogP contribution in [0.2, 0.25) is 0 Å². The van der Waals surface area contributed by atoms with E-state index in [2.05, 4.69) is 15.8 Å². The lowest BCUT2D eigenvalue weighted by molar-refractivity contribution is -0.139. The molecule has 3 N–H and O–H groups in total. The minimum atomic E-state index is -1.09. The molecule has 0 fully saturated rings. The summed E-state index contributed by atoms with van der Waals surface area (Å²) in [5.41, 5.74) is 2.51. The van der Waals surface area contributed by atoms with Gasteiger partial charge in [-0.1, -0.05) is 6.92 Å². The number of ether oxygens (including phenoxy) is 1. The van der Waals surface area contributed by atoms with E-state index in [9.17, 15) is 14.4 Å². The summed E-state index contributed by atoms with van der Waals surface area (Å²) >= 11 is 0. The van der Waals surface area contributed by atoms with Gasteiger partial charge in [0, 0.05) is 12.1 Å². The van der Waals surface area contributed by atoms with Crippen molar-refractivity contribution in [3.63, 3.8) is 0 Å². The van der Waals surface area contributed by atoms with E-state index in [1.54, 1.807) is 6.92 Å². The van der Waals surface area contributed by atoms with Crippen LogP contribution in [-0.2, 0) is 9.59 Å². The van der Waals surface area contributed by atoms with E-state index in [1.165, 1.54) is 24.4 Å². The molecule has 0 aromatic heterocycles. The lowest BCUT2D eigenvalue weighted by Gasteiger charge is -2.07. The molecule has 1 aromatic carbocycles. The molecule has 8 nitrogen and oxygen atoms in total. The Bertz CT molecular complexity index is 613. The molecule has 0 heterocycles. The van der Waals surface area contributed by atoms with E-state index in [-0.39, 0.29) is 5.56 Å². The fourth-order valence-corrected chi connectivity index (χ4v) is 1.60. The molecule has 1 rings (SSSR count). The molecule has 0 saturated heterocycles. The van der Waals surface area contributed by atoms with Crippen LogP contribution in [0.1, 0.15) is 36.2 Å². The summed E-state index contributed by atoms with van der Waals surface area (Å²) in [5.74, 6) is -2.35. The molecule has 0 unspecified atom stereocenters. The predicted molar refractivity (Wildman–Crippen MR) is 83.6 cm³/mol. The highest BCUT2D eigenvalue weighted by atomic mass is 16.5. The molecule has 0 saturated carbocycles. The first-order chi connectivity index (χ1) is 11.0. The number of hydrazone groups is 1. The Labute approximate surface area is 133 Å². The largest absolute Gasteiger partial charge is 0.493 e. The zero-order chi connectivity index (χ0) is 17.2. The van der Waals surface area contributed by atoms with Gasteiger partial charge in [-0.3, -0.25) is 9.59 Å². The molecule has 0 spiro atoms. The Hall–Kier alpha value is -2.90. The lowest BCUT2D eigenvalue weighted by atomic mass is 10.1. The number of amides is 2. The fourth-order valence-electron chi connectivity index (χ4n) is 1.60. The first-order valence-electron chi connectivity index (χ1n) is 7.11. The predicted octanol–water partition coefficient (Wildman–Crippen LogP) is 0.760. The Morgan fingerprint density at radius 3 is 2.61 bits per heavy atom. The number of nitrogens with zero attached hydrogens (tertiary/aromatic N) is 1. The lowest BCUT2D eigenvalue weighted by Crippen LogP contribution is -2.38. The van der Waals surface area contributed by atoms with Crippen molar-refractivity contribution < 1.29 is 24.2 Å². The molecule has 124 valence electrons. The zero-order valence-electron chi connectivity index (χ0n) is 13.0. The van der Waals surface area contributed by atoms with Crippen molar-refractivity contribution >= 4 is 24.0 Å². The number of aromatic carboxylic acids is 1. The maximum Gasteiger partial charge on any atom is 0.335 e. The summed E-state index contributed by atoms with van der Waals surface area (Å²) < 4.78 is 5.35. The topological polar surface area (TPSA) is 117 Å². The van der Waals surface area contributed by atoms with Crippen LogP contribution in [0.25, 0.3) is 0 Å². The SMILES string of the molecule is CCCNC(=O)C(=O)N/N=C\c1cc(C(=O)O)ccc1OCC. The third-order valence-corrected chi connectivity index (χ3v) is 2.67. The molecule has 23 heavy (non-hydrogen) atoms. The van der Waals surface area contributed by atoms with Gasteiger partial charge in [-0.05, 0) is 31.5 Å². The van der Waals surface area contributed by atoms with Crippen molar-refractivity contribution in [2.75, 3.05) is 13.2 Å². The van der Waals surface area contributed by atoms with Crippen molar-refractivity contribution in [2.24, 2.45) is 5.10 Å². The highest BCUT2D eigenvalue weighted by molar-refractivity contribution is 6.35. The van der Waals surface area contributed by atoms with Crippen molar-refractivity contribution in [1.82, 2.24) is 10.7 Å². The van der Waals surface area contributed by atoms with Crippen LogP contribution < -0.4 is 15.5 Å². The minimum Gasteiger partial charge on any atom is -0.493 e.